The van der Waals surface area contributed by atoms with Crippen LogP contribution in [-0.2, 0) is 4.79 Å². The highest BCUT2D eigenvalue weighted by Crippen LogP contribution is 2.22. The number of likely N-dealkylation sites (tertiary alicyclic amines) is 1. The largest absolute Gasteiger partial charge is 0.388 e. The molecule has 2 atom stereocenters. The Hall–Kier alpha value is -0.610. The molecule has 0 saturated carbocycles. The molecule has 1 amide bonds. The van der Waals surface area contributed by atoms with Crippen LogP contribution in [0.4, 0.5) is 0 Å². The molecule has 0 aromatic heterocycles. The molecule has 2 heterocycles. The van der Waals surface area contributed by atoms with Gasteiger partial charge in [0.1, 0.15) is 0 Å². The van der Waals surface area contributed by atoms with E-state index in [9.17, 15) is 9.90 Å². The molecule has 0 spiro atoms. The molecule has 4 heteroatoms. The number of nitrogens with one attached hydrogen (secondary N) is 1. The van der Waals surface area contributed by atoms with E-state index in [4.69, 9.17) is 0 Å². The Balaban J connectivity index is 1.94. The van der Waals surface area contributed by atoms with Gasteiger partial charge in [-0.1, -0.05) is 0 Å². The zero-order valence-electron chi connectivity index (χ0n) is 9.33. The standard InChI is InChI=1S/C11H20N2O2/c1-11(15)4-2-6-13(8-11)10(14)9-3-5-12-7-9/h9,12,15H,2-8H2,1H3. The Kier molecular flexibility index (Phi) is 2.98. The van der Waals surface area contributed by atoms with Crippen LogP contribution in [0.3, 0.4) is 0 Å². The van der Waals surface area contributed by atoms with Gasteiger partial charge in [-0.2, -0.15) is 0 Å². The fourth-order valence-electron chi connectivity index (χ4n) is 2.53. The molecule has 2 aliphatic rings. The highest BCUT2D eigenvalue weighted by atomic mass is 16.3. The average Bonchev–Trinajstić information content (AvgIpc) is 2.67. The summed E-state index contributed by atoms with van der Waals surface area (Å²) in [6.07, 6.45) is 2.66. The molecule has 0 radical (unpaired) electrons. The van der Waals surface area contributed by atoms with Gasteiger partial charge in [-0.15, -0.1) is 0 Å². The SMILES string of the molecule is CC1(O)CCCN(C(=O)C2CCNC2)C1. The van der Waals surface area contributed by atoms with Gasteiger partial charge in [0, 0.05) is 19.6 Å². The minimum atomic E-state index is -0.681. The van der Waals surface area contributed by atoms with Gasteiger partial charge in [-0.25, -0.2) is 0 Å². The summed E-state index contributed by atoms with van der Waals surface area (Å²) in [7, 11) is 0. The number of hydrogen-bond donors (Lipinski definition) is 2. The van der Waals surface area contributed by atoms with Gasteiger partial charge < -0.3 is 15.3 Å². The number of amides is 1. The highest BCUT2D eigenvalue weighted by Gasteiger charge is 2.34. The van der Waals surface area contributed by atoms with E-state index < -0.39 is 5.60 Å². The molecular weight excluding hydrogens is 192 g/mol. The Bertz CT molecular complexity index is 247. The van der Waals surface area contributed by atoms with Crippen LogP contribution in [-0.4, -0.2) is 47.7 Å². The van der Waals surface area contributed by atoms with Gasteiger partial charge in [0.05, 0.1) is 11.5 Å². The van der Waals surface area contributed by atoms with Gasteiger partial charge in [0.2, 0.25) is 5.91 Å². The molecule has 2 N–H and O–H groups in total. The van der Waals surface area contributed by atoms with Crippen molar-refractivity contribution in [1.82, 2.24) is 10.2 Å². The third-order valence-electron chi connectivity index (χ3n) is 3.40. The zero-order chi connectivity index (χ0) is 10.9. The van der Waals surface area contributed by atoms with Gasteiger partial charge in [-0.05, 0) is 32.7 Å². The average molecular weight is 212 g/mol. The number of β-amino-alcohol motifs (C(OH)–C–C–N with tert-alkyl or cyclic N) is 1. The van der Waals surface area contributed by atoms with Crippen molar-refractivity contribution >= 4 is 5.91 Å². The maximum absolute atomic E-state index is 12.1. The molecule has 15 heavy (non-hydrogen) atoms. The van der Waals surface area contributed by atoms with E-state index in [0.717, 1.165) is 38.9 Å². The number of piperidine rings is 1. The van der Waals surface area contributed by atoms with Crippen molar-refractivity contribution < 1.29 is 9.90 Å². The lowest BCUT2D eigenvalue weighted by molar-refractivity contribution is -0.141. The number of hydrogen-bond acceptors (Lipinski definition) is 3. The summed E-state index contributed by atoms with van der Waals surface area (Å²) in [6, 6.07) is 0. The Morgan fingerprint density at radius 1 is 1.60 bits per heavy atom. The predicted molar refractivity (Wildman–Crippen MR) is 57.4 cm³/mol. The lowest BCUT2D eigenvalue weighted by Gasteiger charge is -2.37. The third-order valence-corrected chi connectivity index (χ3v) is 3.40. The van der Waals surface area contributed by atoms with Crippen molar-refractivity contribution in [3.63, 3.8) is 0 Å². The molecule has 0 aromatic rings. The van der Waals surface area contributed by atoms with E-state index in [0.29, 0.717) is 6.54 Å². The van der Waals surface area contributed by atoms with Crippen LogP contribution < -0.4 is 5.32 Å². The molecule has 0 aliphatic carbocycles. The van der Waals surface area contributed by atoms with Gasteiger partial charge in [0.15, 0.2) is 0 Å². The first-order valence-electron chi connectivity index (χ1n) is 5.80. The second-order valence-electron chi connectivity index (χ2n) is 5.05. The number of carbonyl (C=O) groups is 1. The lowest BCUT2D eigenvalue weighted by atomic mass is 9.94. The van der Waals surface area contributed by atoms with Crippen LogP contribution in [0, 0.1) is 5.92 Å². The second-order valence-corrected chi connectivity index (χ2v) is 5.05. The normalized spacial score (nSPS) is 36.9. The molecule has 2 rings (SSSR count). The van der Waals surface area contributed by atoms with E-state index in [-0.39, 0.29) is 11.8 Å². The fraction of sp³-hybridized carbons (Fsp3) is 0.909. The number of nitrogens with zero attached hydrogens (tertiary/aromatic N) is 1. The molecule has 0 aromatic carbocycles. The topological polar surface area (TPSA) is 52.6 Å². The summed E-state index contributed by atoms with van der Waals surface area (Å²) in [5.41, 5.74) is -0.681. The van der Waals surface area contributed by atoms with Gasteiger partial charge in [-0.3, -0.25) is 4.79 Å². The Morgan fingerprint density at radius 3 is 3.00 bits per heavy atom. The maximum atomic E-state index is 12.1. The van der Waals surface area contributed by atoms with Crippen molar-refractivity contribution in [2.24, 2.45) is 5.92 Å². The number of aliphatic hydroxyl groups is 1. The van der Waals surface area contributed by atoms with E-state index in [1.807, 2.05) is 11.8 Å². The highest BCUT2D eigenvalue weighted by molar-refractivity contribution is 5.79. The van der Waals surface area contributed by atoms with Crippen molar-refractivity contribution in [2.45, 2.75) is 31.8 Å². The molecule has 2 unspecified atom stereocenters. The smallest absolute Gasteiger partial charge is 0.227 e. The monoisotopic (exact) mass is 212 g/mol. The molecule has 4 nitrogen and oxygen atoms in total. The third kappa shape index (κ3) is 2.49. The second kappa shape index (κ2) is 4.10. The summed E-state index contributed by atoms with van der Waals surface area (Å²) in [4.78, 5) is 13.9. The predicted octanol–water partition coefficient (Wildman–Crippen LogP) is -0.0307. The van der Waals surface area contributed by atoms with E-state index in [1.54, 1.807) is 0 Å². The number of rotatable bonds is 1. The summed E-state index contributed by atoms with van der Waals surface area (Å²) >= 11 is 0. The molecular formula is C11H20N2O2. The van der Waals surface area contributed by atoms with Crippen LogP contribution in [0.15, 0.2) is 0 Å². The zero-order valence-corrected chi connectivity index (χ0v) is 9.33. The van der Waals surface area contributed by atoms with E-state index in [1.165, 1.54) is 0 Å². The molecule has 2 aliphatic heterocycles. The van der Waals surface area contributed by atoms with Crippen LogP contribution in [0.2, 0.25) is 0 Å². The lowest BCUT2D eigenvalue weighted by Crippen LogP contribution is -2.50. The van der Waals surface area contributed by atoms with Crippen LogP contribution in [0.25, 0.3) is 0 Å². The van der Waals surface area contributed by atoms with E-state index >= 15 is 0 Å². The molecule has 86 valence electrons. The summed E-state index contributed by atoms with van der Waals surface area (Å²) < 4.78 is 0. The van der Waals surface area contributed by atoms with E-state index in [2.05, 4.69) is 5.32 Å². The Morgan fingerprint density at radius 2 is 2.40 bits per heavy atom. The maximum Gasteiger partial charge on any atom is 0.227 e. The fourth-order valence-corrected chi connectivity index (χ4v) is 2.53. The molecule has 2 saturated heterocycles. The number of carbonyl (C=O) groups excluding carboxylic acids is 1. The van der Waals surface area contributed by atoms with Gasteiger partial charge >= 0.3 is 0 Å². The van der Waals surface area contributed by atoms with Crippen molar-refractivity contribution in [1.29, 1.82) is 0 Å². The van der Waals surface area contributed by atoms with Gasteiger partial charge in [0.25, 0.3) is 0 Å². The van der Waals surface area contributed by atoms with Crippen molar-refractivity contribution in [2.75, 3.05) is 26.2 Å². The van der Waals surface area contributed by atoms with Crippen LogP contribution >= 0.6 is 0 Å². The summed E-state index contributed by atoms with van der Waals surface area (Å²) in [6.45, 7) is 4.88. The van der Waals surface area contributed by atoms with Crippen LogP contribution in [0.5, 0.6) is 0 Å². The molecule has 0 bridgehead atoms. The Labute approximate surface area is 90.6 Å². The first-order valence-corrected chi connectivity index (χ1v) is 5.80. The minimum absolute atomic E-state index is 0.138. The first kappa shape index (κ1) is 10.9. The van der Waals surface area contributed by atoms with Crippen LogP contribution in [0.1, 0.15) is 26.2 Å². The first-order chi connectivity index (χ1) is 7.08. The summed E-state index contributed by atoms with van der Waals surface area (Å²) in [5, 5.41) is 13.1. The minimum Gasteiger partial charge on any atom is -0.388 e. The van der Waals surface area contributed by atoms with Crippen molar-refractivity contribution in [3.8, 4) is 0 Å². The molecule has 2 fully saturated rings. The van der Waals surface area contributed by atoms with Crippen molar-refractivity contribution in [3.05, 3.63) is 0 Å². The summed E-state index contributed by atoms with van der Waals surface area (Å²) in [5.74, 6) is 0.360. The quantitative estimate of drug-likeness (QED) is 0.642.